The lowest BCUT2D eigenvalue weighted by Crippen LogP contribution is -2.29. The van der Waals surface area contributed by atoms with E-state index in [2.05, 4.69) is 0 Å². The Balaban J connectivity index is 1.77. The highest BCUT2D eigenvalue weighted by Crippen LogP contribution is 2.44. The van der Waals surface area contributed by atoms with E-state index in [4.69, 9.17) is 16.3 Å². The van der Waals surface area contributed by atoms with Crippen LogP contribution >= 0.6 is 11.6 Å². The number of aliphatic hydroxyl groups is 1. The SMILES string of the molecule is CCOc1ccc(/C(O)=C2/C(=O)C(=O)N(c3cccc(Cl)c3)C2c2cccc3ccccc23)cc1C. The predicted octanol–water partition coefficient (Wildman–Crippen LogP) is 6.83. The van der Waals surface area contributed by atoms with Gasteiger partial charge in [-0.15, -0.1) is 0 Å². The van der Waals surface area contributed by atoms with Gasteiger partial charge >= 0.3 is 0 Å². The van der Waals surface area contributed by atoms with E-state index in [1.165, 1.54) is 4.90 Å². The summed E-state index contributed by atoms with van der Waals surface area (Å²) in [5.74, 6) is -1.02. The van der Waals surface area contributed by atoms with Crippen molar-refractivity contribution in [2.75, 3.05) is 11.5 Å². The fraction of sp³-hybridized carbons (Fsp3) is 0.133. The molecule has 1 unspecified atom stereocenters. The normalized spacial score (nSPS) is 17.1. The number of halogens is 1. The molecule has 1 aliphatic heterocycles. The van der Waals surface area contributed by atoms with Gasteiger partial charge in [0, 0.05) is 16.3 Å². The number of Topliss-reactive ketones (excluding diaryl/α,β-unsaturated/α-hetero) is 1. The topological polar surface area (TPSA) is 66.8 Å². The summed E-state index contributed by atoms with van der Waals surface area (Å²) in [4.78, 5) is 28.4. The summed E-state index contributed by atoms with van der Waals surface area (Å²) in [6.07, 6.45) is 0. The maximum absolute atomic E-state index is 13.5. The van der Waals surface area contributed by atoms with Crippen molar-refractivity contribution < 1.29 is 19.4 Å². The van der Waals surface area contributed by atoms with Crippen LogP contribution in [0.1, 0.15) is 29.7 Å². The number of carbonyl (C=O) groups excluding carboxylic acids is 2. The summed E-state index contributed by atoms with van der Waals surface area (Å²) in [5, 5.41) is 13.8. The maximum Gasteiger partial charge on any atom is 0.300 e. The van der Waals surface area contributed by atoms with Gasteiger partial charge in [0.05, 0.1) is 18.2 Å². The average Bonchev–Trinajstić information content (AvgIpc) is 3.14. The lowest BCUT2D eigenvalue weighted by Gasteiger charge is -2.26. The Labute approximate surface area is 214 Å². The second-order valence-corrected chi connectivity index (χ2v) is 9.07. The zero-order valence-corrected chi connectivity index (χ0v) is 20.6. The van der Waals surface area contributed by atoms with E-state index in [1.807, 2.05) is 56.3 Å². The van der Waals surface area contributed by atoms with Crippen LogP contribution in [0.3, 0.4) is 0 Å². The van der Waals surface area contributed by atoms with Crippen molar-refractivity contribution in [1.29, 1.82) is 0 Å². The Morgan fingerprint density at radius 1 is 0.972 bits per heavy atom. The van der Waals surface area contributed by atoms with Crippen LogP contribution in [0.25, 0.3) is 16.5 Å². The summed E-state index contributed by atoms with van der Waals surface area (Å²) < 4.78 is 5.62. The van der Waals surface area contributed by atoms with Gasteiger partial charge in [0.25, 0.3) is 11.7 Å². The molecule has 4 aromatic carbocycles. The summed E-state index contributed by atoms with van der Waals surface area (Å²) in [6.45, 7) is 4.28. The molecule has 0 spiro atoms. The zero-order valence-electron chi connectivity index (χ0n) is 19.9. The van der Waals surface area contributed by atoms with Gasteiger partial charge in [-0.2, -0.15) is 0 Å². The molecule has 4 aromatic rings. The maximum atomic E-state index is 13.5. The van der Waals surface area contributed by atoms with Crippen LogP contribution in [-0.4, -0.2) is 23.4 Å². The quantitative estimate of drug-likeness (QED) is 0.186. The summed E-state index contributed by atoms with van der Waals surface area (Å²) in [6, 6.07) is 24.7. The number of anilines is 1. The second-order valence-electron chi connectivity index (χ2n) is 8.63. The molecule has 0 aliphatic carbocycles. The first-order valence-electron chi connectivity index (χ1n) is 11.7. The van der Waals surface area contributed by atoms with E-state index in [0.717, 1.165) is 21.9 Å². The van der Waals surface area contributed by atoms with Gasteiger partial charge in [0.2, 0.25) is 0 Å². The van der Waals surface area contributed by atoms with Crippen LogP contribution in [0.5, 0.6) is 5.75 Å². The molecule has 0 aromatic heterocycles. The second kappa shape index (κ2) is 9.51. The number of aryl methyl sites for hydroxylation is 1. The molecule has 5 rings (SSSR count). The van der Waals surface area contributed by atoms with Crippen LogP contribution in [0, 0.1) is 6.92 Å². The highest BCUT2D eigenvalue weighted by Gasteiger charge is 2.47. The minimum Gasteiger partial charge on any atom is -0.507 e. The predicted molar refractivity (Wildman–Crippen MR) is 143 cm³/mol. The number of rotatable bonds is 5. The molecule has 0 radical (unpaired) electrons. The third-order valence-electron chi connectivity index (χ3n) is 6.40. The van der Waals surface area contributed by atoms with E-state index >= 15 is 0 Å². The van der Waals surface area contributed by atoms with Crippen LogP contribution in [0.2, 0.25) is 5.02 Å². The number of ketones is 1. The zero-order chi connectivity index (χ0) is 25.4. The smallest absolute Gasteiger partial charge is 0.300 e. The molecule has 1 heterocycles. The summed E-state index contributed by atoms with van der Waals surface area (Å²) >= 11 is 6.25. The Morgan fingerprint density at radius 2 is 1.72 bits per heavy atom. The molecule has 1 N–H and O–H groups in total. The molecule has 5 nitrogen and oxygen atoms in total. The highest BCUT2D eigenvalue weighted by molar-refractivity contribution is 6.52. The van der Waals surface area contributed by atoms with E-state index in [-0.39, 0.29) is 11.3 Å². The number of nitrogens with zero attached hydrogens (tertiary/aromatic N) is 1. The van der Waals surface area contributed by atoms with Crippen molar-refractivity contribution in [3.8, 4) is 5.75 Å². The number of fused-ring (bicyclic) bond motifs is 1. The molecule has 1 atom stereocenters. The molecule has 1 saturated heterocycles. The van der Waals surface area contributed by atoms with Crippen molar-refractivity contribution in [3.05, 3.63) is 112 Å². The lowest BCUT2D eigenvalue weighted by atomic mass is 9.91. The van der Waals surface area contributed by atoms with Gasteiger partial charge in [-0.25, -0.2) is 0 Å². The van der Waals surface area contributed by atoms with E-state index in [1.54, 1.807) is 42.5 Å². The van der Waals surface area contributed by atoms with Crippen molar-refractivity contribution >= 4 is 45.5 Å². The molecular formula is C30H24ClNO4. The van der Waals surface area contributed by atoms with Crippen LogP contribution in [0.15, 0.2) is 90.5 Å². The molecule has 36 heavy (non-hydrogen) atoms. The molecule has 0 bridgehead atoms. The largest absolute Gasteiger partial charge is 0.507 e. The third-order valence-corrected chi connectivity index (χ3v) is 6.63. The fourth-order valence-electron chi connectivity index (χ4n) is 4.78. The van der Waals surface area contributed by atoms with Crippen LogP contribution in [-0.2, 0) is 9.59 Å². The monoisotopic (exact) mass is 497 g/mol. The van der Waals surface area contributed by atoms with E-state index < -0.39 is 17.7 Å². The van der Waals surface area contributed by atoms with Crippen molar-refractivity contribution in [2.45, 2.75) is 19.9 Å². The van der Waals surface area contributed by atoms with Crippen LogP contribution in [0.4, 0.5) is 5.69 Å². The molecule has 1 fully saturated rings. The van der Waals surface area contributed by atoms with Crippen molar-refractivity contribution in [1.82, 2.24) is 0 Å². The highest BCUT2D eigenvalue weighted by atomic mass is 35.5. The Bertz CT molecular complexity index is 1540. The Morgan fingerprint density at radius 3 is 2.47 bits per heavy atom. The Hall–Kier alpha value is -4.09. The third kappa shape index (κ3) is 4.01. The number of carbonyl (C=O) groups is 2. The van der Waals surface area contributed by atoms with Gasteiger partial charge in [0.1, 0.15) is 11.5 Å². The first-order chi connectivity index (χ1) is 17.4. The van der Waals surface area contributed by atoms with Gasteiger partial charge in [-0.05, 0) is 72.1 Å². The molecule has 1 amide bonds. The van der Waals surface area contributed by atoms with Gasteiger partial charge in [-0.1, -0.05) is 60.1 Å². The summed E-state index contributed by atoms with van der Waals surface area (Å²) in [7, 11) is 0. The van der Waals surface area contributed by atoms with E-state index in [9.17, 15) is 14.7 Å². The number of aliphatic hydroxyl groups excluding tert-OH is 1. The lowest BCUT2D eigenvalue weighted by molar-refractivity contribution is -0.132. The fourth-order valence-corrected chi connectivity index (χ4v) is 4.96. The minimum atomic E-state index is -0.846. The number of ether oxygens (including phenoxy) is 1. The Kier molecular flexibility index (Phi) is 6.25. The van der Waals surface area contributed by atoms with Crippen LogP contribution < -0.4 is 9.64 Å². The first-order valence-corrected chi connectivity index (χ1v) is 12.1. The van der Waals surface area contributed by atoms with Crippen molar-refractivity contribution in [3.63, 3.8) is 0 Å². The van der Waals surface area contributed by atoms with Crippen molar-refractivity contribution in [2.24, 2.45) is 0 Å². The average molecular weight is 498 g/mol. The van der Waals surface area contributed by atoms with Gasteiger partial charge in [0.15, 0.2) is 0 Å². The molecule has 180 valence electrons. The molecule has 6 heteroatoms. The number of hydrogen-bond donors (Lipinski definition) is 1. The molecular weight excluding hydrogens is 474 g/mol. The number of benzene rings is 4. The molecule has 0 saturated carbocycles. The first kappa shape index (κ1) is 23.6. The van der Waals surface area contributed by atoms with E-state index in [0.29, 0.717) is 28.6 Å². The number of amides is 1. The standard InChI is InChI=1S/C30H24ClNO4/c1-3-36-25-15-14-20(16-18(25)2)28(33)26-27(24-13-6-9-19-8-4-5-12-23(19)24)32(30(35)29(26)34)22-11-7-10-21(31)17-22/h4-17,27,33H,3H2,1-2H3/b28-26-. The molecule has 1 aliphatic rings. The number of hydrogen-bond acceptors (Lipinski definition) is 4. The van der Waals surface area contributed by atoms with Gasteiger partial charge in [-0.3, -0.25) is 14.5 Å². The van der Waals surface area contributed by atoms with Gasteiger partial charge < -0.3 is 9.84 Å². The minimum absolute atomic E-state index is 0.0277. The summed E-state index contributed by atoms with van der Waals surface area (Å²) in [5.41, 5.74) is 2.48.